The minimum absolute atomic E-state index is 0.175. The first-order chi connectivity index (χ1) is 14.7. The maximum atomic E-state index is 12.4. The van der Waals surface area contributed by atoms with E-state index < -0.39 is 0 Å². The number of benzene rings is 2. The molecule has 0 fully saturated rings. The third-order valence-corrected chi connectivity index (χ3v) is 4.77. The molecule has 0 unspecified atom stereocenters. The summed E-state index contributed by atoms with van der Waals surface area (Å²) in [5.41, 5.74) is 1.85. The molecule has 0 saturated carbocycles. The van der Waals surface area contributed by atoms with Gasteiger partial charge in [-0.25, -0.2) is 0 Å². The highest BCUT2D eigenvalue weighted by molar-refractivity contribution is 6.32. The van der Waals surface area contributed by atoms with Crippen molar-refractivity contribution in [1.82, 2.24) is 9.78 Å². The number of hydrogen-bond donors (Lipinski definition) is 1. The van der Waals surface area contributed by atoms with E-state index in [-0.39, 0.29) is 18.3 Å². The Labute approximate surface area is 179 Å². The van der Waals surface area contributed by atoms with Gasteiger partial charge >= 0.3 is 0 Å². The van der Waals surface area contributed by atoms with Gasteiger partial charge in [-0.05, 0) is 36.2 Å². The molecule has 0 saturated heterocycles. The molecule has 0 spiro atoms. The maximum Gasteiger partial charge on any atom is 0.291 e. The molecular weight excluding hydrogens is 402 g/mol. The van der Waals surface area contributed by atoms with Crippen molar-refractivity contribution in [2.75, 3.05) is 5.32 Å². The van der Waals surface area contributed by atoms with Gasteiger partial charge in [0.25, 0.3) is 5.91 Å². The topological polar surface area (TPSA) is 69.3 Å². The number of halogens is 1. The summed E-state index contributed by atoms with van der Waals surface area (Å²) in [4.78, 5) is 12.4. The summed E-state index contributed by atoms with van der Waals surface area (Å²) in [6.45, 7) is 0.901. The molecule has 0 aliphatic rings. The van der Waals surface area contributed by atoms with E-state index >= 15 is 0 Å². The highest BCUT2D eigenvalue weighted by atomic mass is 35.5. The Morgan fingerprint density at radius 1 is 1.07 bits per heavy atom. The minimum atomic E-state index is -0.346. The summed E-state index contributed by atoms with van der Waals surface area (Å²) in [7, 11) is 0. The SMILES string of the molecule is O=C(Nc1cnn(CCc2ccccc2)c1)c1ccc(COc2ccccc2Cl)o1. The van der Waals surface area contributed by atoms with Crippen LogP contribution in [0.1, 0.15) is 21.9 Å². The van der Waals surface area contributed by atoms with Crippen molar-refractivity contribution < 1.29 is 13.9 Å². The van der Waals surface area contributed by atoms with Crippen molar-refractivity contribution in [1.29, 1.82) is 0 Å². The van der Waals surface area contributed by atoms with Crippen LogP contribution in [0.4, 0.5) is 5.69 Å². The molecular formula is C23H20ClN3O3. The molecule has 4 rings (SSSR count). The Hall–Kier alpha value is -3.51. The summed E-state index contributed by atoms with van der Waals surface area (Å²) in [6.07, 6.45) is 4.28. The number of aromatic nitrogens is 2. The van der Waals surface area contributed by atoms with Crippen LogP contribution in [0.5, 0.6) is 5.75 Å². The predicted octanol–water partition coefficient (Wildman–Crippen LogP) is 5.20. The number of furan rings is 1. The summed E-state index contributed by atoms with van der Waals surface area (Å²) in [5.74, 6) is 0.939. The molecule has 6 nitrogen and oxygen atoms in total. The van der Waals surface area contributed by atoms with E-state index in [4.69, 9.17) is 20.8 Å². The number of nitrogens with zero attached hydrogens (tertiary/aromatic N) is 2. The fraction of sp³-hybridized carbons (Fsp3) is 0.130. The number of carbonyl (C=O) groups is 1. The molecule has 1 amide bonds. The van der Waals surface area contributed by atoms with Crippen molar-refractivity contribution in [3.63, 3.8) is 0 Å². The van der Waals surface area contributed by atoms with Crippen LogP contribution in [-0.4, -0.2) is 15.7 Å². The maximum absolute atomic E-state index is 12.4. The highest BCUT2D eigenvalue weighted by Gasteiger charge is 2.13. The first-order valence-corrected chi connectivity index (χ1v) is 9.89. The first kappa shape index (κ1) is 19.8. The number of rotatable bonds is 8. The van der Waals surface area contributed by atoms with Gasteiger partial charge in [0.05, 0.1) is 16.9 Å². The lowest BCUT2D eigenvalue weighted by atomic mass is 10.1. The predicted molar refractivity (Wildman–Crippen MR) is 115 cm³/mol. The van der Waals surface area contributed by atoms with Crippen molar-refractivity contribution in [3.8, 4) is 5.75 Å². The highest BCUT2D eigenvalue weighted by Crippen LogP contribution is 2.24. The number of hydrogen-bond acceptors (Lipinski definition) is 4. The summed E-state index contributed by atoms with van der Waals surface area (Å²) >= 11 is 6.07. The Morgan fingerprint density at radius 3 is 2.70 bits per heavy atom. The molecule has 2 heterocycles. The second-order valence-corrected chi connectivity index (χ2v) is 7.07. The first-order valence-electron chi connectivity index (χ1n) is 9.51. The Balaban J connectivity index is 1.30. The zero-order valence-electron chi connectivity index (χ0n) is 16.1. The number of nitrogens with one attached hydrogen (secondary N) is 1. The lowest BCUT2D eigenvalue weighted by Gasteiger charge is -2.05. The van der Waals surface area contributed by atoms with Crippen LogP contribution < -0.4 is 10.1 Å². The number of aryl methyl sites for hydroxylation is 2. The Bertz CT molecular complexity index is 1120. The fourth-order valence-electron chi connectivity index (χ4n) is 2.92. The number of amides is 1. The van der Waals surface area contributed by atoms with Crippen molar-refractivity contribution in [3.05, 3.63) is 101 Å². The lowest BCUT2D eigenvalue weighted by molar-refractivity contribution is 0.0992. The summed E-state index contributed by atoms with van der Waals surface area (Å²) in [6, 6.07) is 20.7. The van der Waals surface area contributed by atoms with Crippen LogP contribution in [0.3, 0.4) is 0 Å². The van der Waals surface area contributed by atoms with E-state index in [1.807, 2.05) is 30.3 Å². The molecule has 0 atom stereocenters. The lowest BCUT2D eigenvalue weighted by Crippen LogP contribution is -2.10. The molecule has 2 aromatic heterocycles. The molecule has 1 N–H and O–H groups in total. The molecule has 0 aliphatic carbocycles. The van der Waals surface area contributed by atoms with Gasteiger partial charge in [0, 0.05) is 12.7 Å². The molecule has 0 aliphatic heterocycles. The standard InChI is InChI=1S/C23H20ClN3O3/c24-20-8-4-5-9-21(20)29-16-19-10-11-22(30-19)23(28)26-18-14-25-27(15-18)13-12-17-6-2-1-3-7-17/h1-11,14-15H,12-13,16H2,(H,26,28). The molecule has 2 aromatic carbocycles. The molecule has 0 bridgehead atoms. The monoisotopic (exact) mass is 421 g/mol. The van der Waals surface area contributed by atoms with Gasteiger partial charge < -0.3 is 14.5 Å². The third kappa shape index (κ3) is 5.10. The van der Waals surface area contributed by atoms with Gasteiger partial charge in [0.15, 0.2) is 5.76 Å². The smallest absolute Gasteiger partial charge is 0.291 e. The third-order valence-electron chi connectivity index (χ3n) is 4.46. The van der Waals surface area contributed by atoms with Gasteiger partial charge in [-0.15, -0.1) is 0 Å². The second-order valence-electron chi connectivity index (χ2n) is 6.67. The number of anilines is 1. The average Bonchev–Trinajstić information content (AvgIpc) is 3.42. The van der Waals surface area contributed by atoms with Gasteiger partial charge in [-0.2, -0.15) is 5.10 Å². The van der Waals surface area contributed by atoms with Gasteiger partial charge in [-0.1, -0.05) is 54.1 Å². The van der Waals surface area contributed by atoms with Gasteiger partial charge in [0.1, 0.15) is 18.1 Å². The van der Waals surface area contributed by atoms with E-state index in [1.54, 1.807) is 41.3 Å². The van der Waals surface area contributed by atoms with Crippen molar-refractivity contribution >= 4 is 23.2 Å². The van der Waals surface area contributed by atoms with Gasteiger partial charge in [-0.3, -0.25) is 9.48 Å². The van der Waals surface area contributed by atoms with Gasteiger partial charge in [0.2, 0.25) is 0 Å². The molecule has 4 aromatic rings. The van der Waals surface area contributed by atoms with Crippen molar-refractivity contribution in [2.24, 2.45) is 0 Å². The van der Waals surface area contributed by atoms with E-state index in [0.717, 1.165) is 13.0 Å². The Kier molecular flexibility index (Phi) is 6.15. The number of para-hydroxylation sites is 1. The zero-order valence-corrected chi connectivity index (χ0v) is 16.9. The van der Waals surface area contributed by atoms with Crippen LogP contribution in [0.2, 0.25) is 5.02 Å². The number of ether oxygens (including phenoxy) is 1. The summed E-state index contributed by atoms with van der Waals surface area (Å²) in [5, 5.41) is 7.61. The van der Waals surface area contributed by atoms with E-state index in [1.165, 1.54) is 5.56 Å². The van der Waals surface area contributed by atoms with Crippen LogP contribution in [0, 0.1) is 0 Å². The summed E-state index contributed by atoms with van der Waals surface area (Å²) < 4.78 is 13.0. The molecule has 7 heteroatoms. The molecule has 0 radical (unpaired) electrons. The largest absolute Gasteiger partial charge is 0.484 e. The minimum Gasteiger partial charge on any atom is -0.484 e. The quantitative estimate of drug-likeness (QED) is 0.424. The van der Waals surface area contributed by atoms with Crippen LogP contribution in [0.25, 0.3) is 0 Å². The molecule has 152 valence electrons. The van der Waals surface area contributed by atoms with E-state index in [0.29, 0.717) is 22.2 Å². The van der Waals surface area contributed by atoms with Crippen LogP contribution in [-0.2, 0) is 19.6 Å². The second kappa shape index (κ2) is 9.33. The zero-order chi connectivity index (χ0) is 20.8. The van der Waals surface area contributed by atoms with E-state index in [9.17, 15) is 4.79 Å². The Morgan fingerprint density at radius 2 is 1.87 bits per heavy atom. The molecule has 30 heavy (non-hydrogen) atoms. The fourth-order valence-corrected chi connectivity index (χ4v) is 3.11. The van der Waals surface area contributed by atoms with E-state index in [2.05, 4.69) is 22.5 Å². The average molecular weight is 422 g/mol. The number of carbonyl (C=O) groups excluding carboxylic acids is 1. The van der Waals surface area contributed by atoms with Crippen LogP contribution >= 0.6 is 11.6 Å². The van der Waals surface area contributed by atoms with Crippen LogP contribution in [0.15, 0.2) is 83.5 Å². The normalized spacial score (nSPS) is 10.7. The van der Waals surface area contributed by atoms with Crippen molar-refractivity contribution in [2.45, 2.75) is 19.6 Å².